The molecule has 0 aromatic heterocycles. The molecular formula is C12H18FNO3. The largest absolute Gasteiger partial charge is 0.497 e. The standard InChI is InChI=1S/C12H18FNO3/c1-15-11-5-9(4-10(13)6-11)7-14-8-12(16-2)17-3/h4-6,12,14H,7-8H2,1-3H3. The van der Waals surface area contributed by atoms with E-state index in [9.17, 15) is 4.39 Å². The zero-order valence-corrected chi connectivity index (χ0v) is 10.3. The van der Waals surface area contributed by atoms with Crippen molar-refractivity contribution in [3.8, 4) is 5.75 Å². The van der Waals surface area contributed by atoms with E-state index >= 15 is 0 Å². The van der Waals surface area contributed by atoms with Gasteiger partial charge >= 0.3 is 0 Å². The molecular weight excluding hydrogens is 225 g/mol. The van der Waals surface area contributed by atoms with Gasteiger partial charge in [-0.3, -0.25) is 0 Å². The summed E-state index contributed by atoms with van der Waals surface area (Å²) in [5, 5.41) is 3.11. The smallest absolute Gasteiger partial charge is 0.169 e. The van der Waals surface area contributed by atoms with Crippen molar-refractivity contribution in [3.05, 3.63) is 29.6 Å². The van der Waals surface area contributed by atoms with Crippen LogP contribution < -0.4 is 10.1 Å². The lowest BCUT2D eigenvalue weighted by Gasteiger charge is -2.14. The summed E-state index contributed by atoms with van der Waals surface area (Å²) < 4.78 is 28.2. The number of halogens is 1. The molecule has 5 heteroatoms. The number of hydrogen-bond acceptors (Lipinski definition) is 4. The lowest BCUT2D eigenvalue weighted by Crippen LogP contribution is -2.29. The summed E-state index contributed by atoms with van der Waals surface area (Å²) in [5.74, 6) is 0.202. The molecule has 0 amide bonds. The highest BCUT2D eigenvalue weighted by atomic mass is 19.1. The number of rotatable bonds is 7. The van der Waals surface area contributed by atoms with Crippen molar-refractivity contribution < 1.29 is 18.6 Å². The Morgan fingerprint density at radius 2 is 1.88 bits per heavy atom. The van der Waals surface area contributed by atoms with Crippen LogP contribution in [0.2, 0.25) is 0 Å². The average molecular weight is 243 g/mol. The van der Waals surface area contributed by atoms with Gasteiger partial charge in [-0.15, -0.1) is 0 Å². The molecule has 0 atom stereocenters. The summed E-state index contributed by atoms with van der Waals surface area (Å²) in [7, 11) is 4.65. The molecule has 1 aromatic carbocycles. The van der Waals surface area contributed by atoms with Crippen LogP contribution in [0.5, 0.6) is 5.75 Å². The van der Waals surface area contributed by atoms with Crippen molar-refractivity contribution in [2.24, 2.45) is 0 Å². The minimum Gasteiger partial charge on any atom is -0.497 e. The number of methoxy groups -OCH3 is 3. The number of ether oxygens (including phenoxy) is 3. The molecule has 0 saturated carbocycles. The number of hydrogen-bond donors (Lipinski definition) is 1. The Bertz CT molecular complexity index is 343. The van der Waals surface area contributed by atoms with Crippen LogP contribution in [0.1, 0.15) is 5.56 Å². The van der Waals surface area contributed by atoms with Gasteiger partial charge < -0.3 is 19.5 Å². The van der Waals surface area contributed by atoms with Gasteiger partial charge in [0.05, 0.1) is 7.11 Å². The van der Waals surface area contributed by atoms with E-state index in [1.165, 1.54) is 19.2 Å². The molecule has 0 radical (unpaired) electrons. The molecule has 1 aromatic rings. The second-order valence-electron chi connectivity index (χ2n) is 3.53. The van der Waals surface area contributed by atoms with E-state index in [1.54, 1.807) is 20.3 Å². The molecule has 0 fully saturated rings. The van der Waals surface area contributed by atoms with Gasteiger partial charge in [0, 0.05) is 33.4 Å². The molecule has 0 unspecified atom stereocenters. The van der Waals surface area contributed by atoms with Crippen LogP contribution in [-0.4, -0.2) is 34.2 Å². The highest BCUT2D eigenvalue weighted by Gasteiger charge is 2.05. The summed E-state index contributed by atoms with van der Waals surface area (Å²) in [6.07, 6.45) is -0.301. The fourth-order valence-corrected chi connectivity index (χ4v) is 1.44. The third-order valence-corrected chi connectivity index (χ3v) is 2.33. The van der Waals surface area contributed by atoms with Gasteiger partial charge in [-0.1, -0.05) is 0 Å². The summed E-state index contributed by atoms with van der Waals surface area (Å²) in [6.45, 7) is 1.06. The highest BCUT2D eigenvalue weighted by Crippen LogP contribution is 2.15. The Morgan fingerprint density at radius 1 is 1.18 bits per heavy atom. The van der Waals surface area contributed by atoms with Crippen LogP contribution in [-0.2, 0) is 16.0 Å². The second kappa shape index (κ2) is 7.21. The van der Waals surface area contributed by atoms with Gasteiger partial charge in [0.25, 0.3) is 0 Å². The van der Waals surface area contributed by atoms with Crippen molar-refractivity contribution in [2.75, 3.05) is 27.9 Å². The zero-order chi connectivity index (χ0) is 12.7. The Balaban J connectivity index is 2.48. The number of benzene rings is 1. The maximum absolute atomic E-state index is 13.2. The van der Waals surface area contributed by atoms with Gasteiger partial charge in [0.15, 0.2) is 6.29 Å². The molecule has 0 aliphatic heterocycles. The Hall–Kier alpha value is -1.17. The summed E-state index contributed by atoms with van der Waals surface area (Å²) >= 11 is 0. The molecule has 0 spiro atoms. The van der Waals surface area contributed by atoms with Crippen molar-refractivity contribution >= 4 is 0 Å². The van der Waals surface area contributed by atoms with Crippen LogP contribution in [0.15, 0.2) is 18.2 Å². The van der Waals surface area contributed by atoms with Crippen molar-refractivity contribution in [3.63, 3.8) is 0 Å². The van der Waals surface area contributed by atoms with E-state index in [0.717, 1.165) is 5.56 Å². The van der Waals surface area contributed by atoms with E-state index in [-0.39, 0.29) is 12.1 Å². The predicted octanol–water partition coefficient (Wildman–Crippen LogP) is 1.54. The van der Waals surface area contributed by atoms with E-state index in [1.807, 2.05) is 0 Å². The van der Waals surface area contributed by atoms with Gasteiger partial charge in [-0.05, 0) is 17.7 Å². The van der Waals surface area contributed by atoms with E-state index in [2.05, 4.69) is 5.32 Å². The van der Waals surface area contributed by atoms with Gasteiger partial charge in [0.2, 0.25) is 0 Å². The summed E-state index contributed by atoms with van der Waals surface area (Å²) in [4.78, 5) is 0. The lowest BCUT2D eigenvalue weighted by molar-refractivity contribution is -0.0989. The lowest BCUT2D eigenvalue weighted by atomic mass is 10.2. The average Bonchev–Trinajstić information content (AvgIpc) is 2.34. The minimum atomic E-state index is -0.309. The molecule has 1 N–H and O–H groups in total. The molecule has 17 heavy (non-hydrogen) atoms. The highest BCUT2D eigenvalue weighted by molar-refractivity contribution is 5.29. The first kappa shape index (κ1) is 13.9. The van der Waals surface area contributed by atoms with Crippen molar-refractivity contribution in [2.45, 2.75) is 12.8 Å². The fraction of sp³-hybridized carbons (Fsp3) is 0.500. The molecule has 0 heterocycles. The second-order valence-corrected chi connectivity index (χ2v) is 3.53. The Labute approximate surface area is 101 Å². The van der Waals surface area contributed by atoms with Gasteiger partial charge in [-0.25, -0.2) is 4.39 Å². The molecule has 0 saturated heterocycles. The Morgan fingerprint density at radius 3 is 2.47 bits per heavy atom. The molecule has 0 aliphatic rings. The van der Waals surface area contributed by atoms with E-state index < -0.39 is 0 Å². The first-order chi connectivity index (χ1) is 8.19. The first-order valence-corrected chi connectivity index (χ1v) is 5.29. The third-order valence-electron chi connectivity index (χ3n) is 2.33. The molecule has 0 bridgehead atoms. The van der Waals surface area contributed by atoms with Crippen molar-refractivity contribution in [1.82, 2.24) is 5.32 Å². The summed E-state index contributed by atoms with van der Waals surface area (Å²) in [5.41, 5.74) is 0.813. The van der Waals surface area contributed by atoms with Crippen molar-refractivity contribution in [1.29, 1.82) is 0 Å². The van der Waals surface area contributed by atoms with Crippen LogP contribution in [0.4, 0.5) is 4.39 Å². The first-order valence-electron chi connectivity index (χ1n) is 5.29. The normalized spacial score (nSPS) is 10.9. The topological polar surface area (TPSA) is 39.7 Å². The quantitative estimate of drug-likeness (QED) is 0.737. The maximum Gasteiger partial charge on any atom is 0.169 e. The van der Waals surface area contributed by atoms with E-state index in [4.69, 9.17) is 14.2 Å². The van der Waals surface area contributed by atoms with Crippen LogP contribution in [0, 0.1) is 5.82 Å². The monoisotopic (exact) mass is 243 g/mol. The van der Waals surface area contributed by atoms with Gasteiger partial charge in [0.1, 0.15) is 11.6 Å². The molecule has 96 valence electrons. The van der Waals surface area contributed by atoms with Gasteiger partial charge in [-0.2, -0.15) is 0 Å². The van der Waals surface area contributed by atoms with Crippen LogP contribution in [0.25, 0.3) is 0 Å². The SMILES string of the molecule is COc1cc(F)cc(CNCC(OC)OC)c1. The minimum absolute atomic E-state index is 0.301. The summed E-state index contributed by atoms with van der Waals surface area (Å²) in [6, 6.07) is 4.59. The molecule has 0 aliphatic carbocycles. The van der Waals surface area contributed by atoms with Crippen LogP contribution >= 0.6 is 0 Å². The fourth-order valence-electron chi connectivity index (χ4n) is 1.44. The Kier molecular flexibility index (Phi) is 5.90. The zero-order valence-electron chi connectivity index (χ0n) is 10.3. The predicted molar refractivity (Wildman–Crippen MR) is 62.5 cm³/mol. The third kappa shape index (κ3) is 4.68. The van der Waals surface area contributed by atoms with Crippen LogP contribution in [0.3, 0.4) is 0 Å². The maximum atomic E-state index is 13.2. The molecule has 1 rings (SSSR count). The molecule has 4 nitrogen and oxygen atoms in total. The number of nitrogens with one attached hydrogen (secondary N) is 1. The van der Waals surface area contributed by atoms with E-state index in [0.29, 0.717) is 18.8 Å².